The molecule has 0 aliphatic carbocycles. The standard InChI is InChI=1S/C14H25N5O6S/c1-2-3-26-6-7(15)13(23)16-9-5-19(18-17-9)4-8-10(20)11(21)12(22)14(24)25-8/h5,7-8,10-12,14,20-22,24H,2-4,6,15H2,1H3,(H,16,23)/t7-,8?,10?,11?,12?,14?/m1/s1. The van der Waals surface area contributed by atoms with Crippen LogP contribution in [0.2, 0.25) is 0 Å². The fourth-order valence-electron chi connectivity index (χ4n) is 2.36. The molecule has 11 nitrogen and oxygen atoms in total. The van der Waals surface area contributed by atoms with Crippen LogP contribution in [0.1, 0.15) is 13.3 Å². The minimum Gasteiger partial charge on any atom is -0.388 e. The van der Waals surface area contributed by atoms with E-state index in [1.807, 2.05) is 6.92 Å². The molecule has 2 heterocycles. The molecule has 0 saturated carbocycles. The molecule has 1 aliphatic rings. The second kappa shape index (κ2) is 9.60. The molecule has 148 valence electrons. The Hall–Kier alpha value is -1.28. The van der Waals surface area contributed by atoms with E-state index >= 15 is 0 Å². The Morgan fingerprint density at radius 1 is 1.38 bits per heavy atom. The van der Waals surface area contributed by atoms with Gasteiger partial charge in [0.25, 0.3) is 0 Å². The average Bonchev–Trinajstić information content (AvgIpc) is 3.04. The molecule has 6 atom stereocenters. The number of carbonyl (C=O) groups excluding carboxylic acids is 1. The minimum atomic E-state index is -1.63. The third-order valence-corrected chi connectivity index (χ3v) is 5.12. The number of hydrogen-bond acceptors (Lipinski definition) is 10. The molecule has 1 fully saturated rings. The van der Waals surface area contributed by atoms with Crippen LogP contribution >= 0.6 is 11.8 Å². The largest absolute Gasteiger partial charge is 0.388 e. The van der Waals surface area contributed by atoms with Crippen molar-refractivity contribution >= 4 is 23.5 Å². The molecular formula is C14H25N5O6S. The van der Waals surface area contributed by atoms with Crippen LogP contribution in [0.25, 0.3) is 0 Å². The van der Waals surface area contributed by atoms with E-state index in [0.29, 0.717) is 5.75 Å². The molecule has 0 aromatic carbocycles. The van der Waals surface area contributed by atoms with Crippen LogP contribution in [-0.4, -0.2) is 89.6 Å². The smallest absolute Gasteiger partial charge is 0.243 e. The van der Waals surface area contributed by atoms with Crippen LogP contribution in [0.15, 0.2) is 6.20 Å². The van der Waals surface area contributed by atoms with E-state index in [1.54, 1.807) is 11.8 Å². The van der Waals surface area contributed by atoms with E-state index in [1.165, 1.54) is 10.9 Å². The van der Waals surface area contributed by atoms with Gasteiger partial charge in [-0.15, -0.1) is 5.10 Å². The summed E-state index contributed by atoms with van der Waals surface area (Å²) in [6.45, 7) is 1.99. The number of aromatic nitrogens is 3. The van der Waals surface area contributed by atoms with E-state index in [4.69, 9.17) is 10.5 Å². The maximum atomic E-state index is 12.0. The first kappa shape index (κ1) is 21.0. The lowest BCUT2D eigenvalue weighted by molar-refractivity contribution is -0.284. The number of nitrogens with zero attached hydrogens (tertiary/aromatic N) is 3. The second-order valence-corrected chi connectivity index (χ2v) is 7.18. The molecule has 7 N–H and O–H groups in total. The van der Waals surface area contributed by atoms with Crippen LogP contribution in [0.5, 0.6) is 0 Å². The van der Waals surface area contributed by atoms with Crippen molar-refractivity contribution in [2.75, 3.05) is 16.8 Å². The number of carbonyl (C=O) groups is 1. The molecule has 26 heavy (non-hydrogen) atoms. The van der Waals surface area contributed by atoms with Crippen molar-refractivity contribution in [1.82, 2.24) is 15.0 Å². The van der Waals surface area contributed by atoms with Gasteiger partial charge in [0.15, 0.2) is 12.1 Å². The predicted molar refractivity (Wildman–Crippen MR) is 93.1 cm³/mol. The topological polar surface area (TPSA) is 176 Å². The van der Waals surface area contributed by atoms with E-state index in [9.17, 15) is 25.2 Å². The molecule has 0 radical (unpaired) electrons. The maximum Gasteiger partial charge on any atom is 0.243 e. The van der Waals surface area contributed by atoms with Crippen molar-refractivity contribution in [3.63, 3.8) is 0 Å². The third kappa shape index (κ3) is 5.36. The van der Waals surface area contributed by atoms with Crippen molar-refractivity contribution in [3.05, 3.63) is 6.20 Å². The highest BCUT2D eigenvalue weighted by Gasteiger charge is 2.43. The van der Waals surface area contributed by atoms with Crippen LogP contribution in [0.3, 0.4) is 0 Å². The van der Waals surface area contributed by atoms with E-state index in [0.717, 1.165) is 12.2 Å². The van der Waals surface area contributed by atoms with E-state index in [-0.39, 0.29) is 18.3 Å². The molecule has 1 aromatic rings. The predicted octanol–water partition coefficient (Wildman–Crippen LogP) is -2.51. The summed E-state index contributed by atoms with van der Waals surface area (Å²) in [5.41, 5.74) is 5.80. The van der Waals surface area contributed by atoms with Gasteiger partial charge >= 0.3 is 0 Å². The first-order valence-electron chi connectivity index (χ1n) is 8.25. The van der Waals surface area contributed by atoms with Gasteiger partial charge in [-0.25, -0.2) is 4.68 Å². The van der Waals surface area contributed by atoms with Gasteiger partial charge in [0, 0.05) is 5.75 Å². The summed E-state index contributed by atoms with van der Waals surface area (Å²) < 4.78 is 6.34. The average molecular weight is 391 g/mol. The number of thioether (sulfide) groups is 1. The van der Waals surface area contributed by atoms with Crippen LogP contribution in [0, 0.1) is 0 Å². The van der Waals surface area contributed by atoms with Gasteiger partial charge in [0.1, 0.15) is 24.4 Å². The van der Waals surface area contributed by atoms with Gasteiger partial charge in [-0.3, -0.25) is 4.79 Å². The molecule has 12 heteroatoms. The van der Waals surface area contributed by atoms with Crippen molar-refractivity contribution in [2.24, 2.45) is 5.73 Å². The molecule has 5 unspecified atom stereocenters. The quantitative estimate of drug-likeness (QED) is 0.259. The number of hydrogen-bond donors (Lipinski definition) is 6. The Kier molecular flexibility index (Phi) is 7.76. The molecule has 1 amide bonds. The number of nitrogens with one attached hydrogen (secondary N) is 1. The molecule has 1 aliphatic heterocycles. The summed E-state index contributed by atoms with van der Waals surface area (Å²) in [4.78, 5) is 12.0. The Morgan fingerprint density at radius 3 is 2.81 bits per heavy atom. The first-order valence-corrected chi connectivity index (χ1v) is 9.41. The zero-order chi connectivity index (χ0) is 19.3. The van der Waals surface area contributed by atoms with Crippen LogP contribution < -0.4 is 11.1 Å². The fourth-order valence-corrected chi connectivity index (χ4v) is 3.22. The zero-order valence-corrected chi connectivity index (χ0v) is 15.1. The van der Waals surface area contributed by atoms with Gasteiger partial charge in [-0.2, -0.15) is 11.8 Å². The summed E-state index contributed by atoms with van der Waals surface area (Å²) in [6.07, 6.45) is -4.79. The van der Waals surface area contributed by atoms with Gasteiger partial charge in [0.2, 0.25) is 5.91 Å². The van der Waals surface area contributed by atoms with Crippen LogP contribution in [-0.2, 0) is 16.1 Å². The van der Waals surface area contributed by atoms with Crippen molar-refractivity contribution in [2.45, 2.75) is 56.6 Å². The van der Waals surface area contributed by atoms with Gasteiger partial charge in [-0.1, -0.05) is 12.1 Å². The number of nitrogens with two attached hydrogens (primary N) is 1. The number of amides is 1. The molecule has 1 aromatic heterocycles. The van der Waals surface area contributed by atoms with E-state index in [2.05, 4.69) is 15.6 Å². The first-order chi connectivity index (χ1) is 12.3. The Bertz CT molecular complexity index is 590. The highest BCUT2D eigenvalue weighted by molar-refractivity contribution is 7.99. The van der Waals surface area contributed by atoms with Crippen molar-refractivity contribution in [1.29, 1.82) is 0 Å². The summed E-state index contributed by atoms with van der Waals surface area (Å²) in [5, 5.41) is 48.7. The lowest BCUT2D eigenvalue weighted by atomic mass is 9.99. The minimum absolute atomic E-state index is 0.0523. The van der Waals surface area contributed by atoms with Gasteiger partial charge in [0.05, 0.1) is 18.8 Å². The SMILES string of the molecule is CCCSC[C@@H](N)C(=O)Nc1cn(CC2OC(O)C(O)C(O)C2O)nn1. The van der Waals surface area contributed by atoms with E-state index < -0.39 is 36.7 Å². The Balaban J connectivity index is 1.88. The number of aliphatic hydroxyl groups is 4. The lowest BCUT2D eigenvalue weighted by Crippen LogP contribution is -2.58. The highest BCUT2D eigenvalue weighted by atomic mass is 32.2. The number of anilines is 1. The normalized spacial score (nSPS) is 30.2. The Labute approximate surface area is 154 Å². The van der Waals surface area contributed by atoms with Crippen molar-refractivity contribution in [3.8, 4) is 0 Å². The fraction of sp³-hybridized carbons (Fsp3) is 0.786. The van der Waals surface area contributed by atoms with Gasteiger partial charge < -0.3 is 36.2 Å². The zero-order valence-electron chi connectivity index (χ0n) is 14.3. The molecular weight excluding hydrogens is 366 g/mol. The number of aliphatic hydroxyl groups excluding tert-OH is 4. The molecule has 0 bridgehead atoms. The summed E-state index contributed by atoms with van der Waals surface area (Å²) in [5.74, 6) is 1.21. The third-order valence-electron chi connectivity index (χ3n) is 3.83. The van der Waals surface area contributed by atoms with Crippen molar-refractivity contribution < 1.29 is 30.0 Å². The summed E-state index contributed by atoms with van der Waals surface area (Å²) >= 11 is 1.59. The monoisotopic (exact) mass is 391 g/mol. The maximum absolute atomic E-state index is 12.0. The molecule has 0 spiro atoms. The highest BCUT2D eigenvalue weighted by Crippen LogP contribution is 2.21. The number of ether oxygens (including phenoxy) is 1. The molecule has 2 rings (SSSR count). The summed E-state index contributed by atoms with van der Waals surface area (Å²) in [6, 6.07) is -0.674. The second-order valence-electron chi connectivity index (χ2n) is 6.03. The van der Waals surface area contributed by atoms with Crippen LogP contribution in [0.4, 0.5) is 5.82 Å². The Morgan fingerprint density at radius 2 is 2.12 bits per heavy atom. The van der Waals surface area contributed by atoms with Gasteiger partial charge in [-0.05, 0) is 12.2 Å². The molecule has 1 saturated heterocycles. The summed E-state index contributed by atoms with van der Waals surface area (Å²) in [7, 11) is 0. The number of rotatable bonds is 8. The lowest BCUT2D eigenvalue weighted by Gasteiger charge is -2.38.